The molecule has 136 valence electrons. The van der Waals surface area contributed by atoms with Gasteiger partial charge in [0.1, 0.15) is 0 Å². The highest BCUT2D eigenvalue weighted by atomic mass is 19.1. The predicted molar refractivity (Wildman–Crippen MR) is 104 cm³/mol. The van der Waals surface area contributed by atoms with Gasteiger partial charge in [-0.1, -0.05) is 18.2 Å². The normalized spacial score (nSPS) is 14.5. The molecule has 4 aromatic heterocycles. The zero-order valence-corrected chi connectivity index (χ0v) is 15.1. The van der Waals surface area contributed by atoms with Crippen molar-refractivity contribution in [3.63, 3.8) is 0 Å². The molecule has 0 spiro atoms. The quantitative estimate of drug-likeness (QED) is 0.503. The summed E-state index contributed by atoms with van der Waals surface area (Å²) < 4.78 is 13.4. The van der Waals surface area contributed by atoms with Gasteiger partial charge in [0.25, 0.3) is 0 Å². The molecule has 0 saturated carbocycles. The van der Waals surface area contributed by atoms with Gasteiger partial charge in [-0.2, -0.15) is 4.39 Å². The van der Waals surface area contributed by atoms with Gasteiger partial charge in [-0.05, 0) is 59.5 Å². The summed E-state index contributed by atoms with van der Waals surface area (Å²) in [5, 5.41) is 0. The van der Waals surface area contributed by atoms with Crippen molar-refractivity contribution < 1.29 is 4.39 Å². The molecule has 4 aromatic rings. The summed E-state index contributed by atoms with van der Waals surface area (Å²) in [6.07, 6.45) is 6.81. The second-order valence-corrected chi connectivity index (χ2v) is 6.92. The lowest BCUT2D eigenvalue weighted by molar-refractivity contribution is 0.578. The first kappa shape index (κ1) is 16.7. The van der Waals surface area contributed by atoms with Gasteiger partial charge in [-0.15, -0.1) is 0 Å². The fourth-order valence-corrected chi connectivity index (χ4v) is 3.85. The topological polar surface area (TPSA) is 51.6 Å². The van der Waals surface area contributed by atoms with Crippen molar-refractivity contribution in [1.82, 2.24) is 19.9 Å². The van der Waals surface area contributed by atoms with Crippen molar-refractivity contribution in [2.45, 2.75) is 18.8 Å². The smallest absolute Gasteiger partial charge is 0.213 e. The van der Waals surface area contributed by atoms with Crippen LogP contribution in [0.15, 0.2) is 73.2 Å². The average Bonchev–Trinajstić information content (AvgIpc) is 3.02. The van der Waals surface area contributed by atoms with Crippen LogP contribution in [0.1, 0.15) is 34.0 Å². The van der Waals surface area contributed by atoms with Crippen molar-refractivity contribution in [2.24, 2.45) is 0 Å². The standard InChI is InChI=1S/C23H17FN4/c24-21-5-1-3-16(27-21)14-17-6-7-19-20(13-15-8-11-25-12-9-15)18-4-2-10-26-22(18)23(19)28-17/h1-12,20H,13-14H2. The molecule has 4 heterocycles. The molecule has 28 heavy (non-hydrogen) atoms. The van der Waals surface area contributed by atoms with Crippen LogP contribution >= 0.6 is 0 Å². The number of rotatable bonds is 4. The van der Waals surface area contributed by atoms with Gasteiger partial charge < -0.3 is 0 Å². The Bertz CT molecular complexity index is 1140. The number of hydrogen-bond donors (Lipinski definition) is 0. The molecule has 0 aliphatic heterocycles. The molecule has 0 N–H and O–H groups in total. The fourth-order valence-electron chi connectivity index (χ4n) is 3.85. The van der Waals surface area contributed by atoms with Crippen LogP contribution in [0.5, 0.6) is 0 Å². The molecule has 1 aliphatic rings. The second kappa shape index (κ2) is 6.93. The summed E-state index contributed by atoms with van der Waals surface area (Å²) in [6, 6.07) is 17.2. The van der Waals surface area contributed by atoms with Gasteiger partial charge in [0.05, 0.1) is 11.4 Å². The Balaban J connectivity index is 1.53. The maximum atomic E-state index is 13.4. The Hall–Kier alpha value is -3.47. The van der Waals surface area contributed by atoms with Gasteiger partial charge >= 0.3 is 0 Å². The molecule has 0 radical (unpaired) electrons. The van der Waals surface area contributed by atoms with Crippen LogP contribution in [0.25, 0.3) is 11.4 Å². The zero-order chi connectivity index (χ0) is 18.9. The minimum absolute atomic E-state index is 0.218. The summed E-state index contributed by atoms with van der Waals surface area (Å²) in [6.45, 7) is 0. The lowest BCUT2D eigenvalue weighted by Crippen LogP contribution is -2.03. The first-order chi connectivity index (χ1) is 13.8. The van der Waals surface area contributed by atoms with Crippen LogP contribution in [0.3, 0.4) is 0 Å². The van der Waals surface area contributed by atoms with Crippen molar-refractivity contribution >= 4 is 0 Å². The molecule has 0 fully saturated rings. The molecule has 0 bridgehead atoms. The Morgan fingerprint density at radius 3 is 2.43 bits per heavy atom. The third-order valence-corrected chi connectivity index (χ3v) is 5.12. The van der Waals surface area contributed by atoms with Crippen molar-refractivity contribution in [1.29, 1.82) is 0 Å². The molecule has 5 heteroatoms. The van der Waals surface area contributed by atoms with Crippen molar-refractivity contribution in [3.05, 3.63) is 107 Å². The first-order valence-corrected chi connectivity index (χ1v) is 9.23. The Kier molecular flexibility index (Phi) is 4.13. The highest BCUT2D eigenvalue weighted by molar-refractivity contribution is 5.72. The monoisotopic (exact) mass is 368 g/mol. The van der Waals surface area contributed by atoms with Gasteiger partial charge in [0, 0.05) is 42.3 Å². The van der Waals surface area contributed by atoms with E-state index in [0.29, 0.717) is 12.1 Å². The lowest BCUT2D eigenvalue weighted by Gasteiger charge is -2.13. The summed E-state index contributed by atoms with van der Waals surface area (Å²) in [5.74, 6) is -0.252. The van der Waals surface area contributed by atoms with Crippen LogP contribution in [0, 0.1) is 5.95 Å². The molecule has 0 aromatic carbocycles. The zero-order valence-electron chi connectivity index (χ0n) is 15.1. The lowest BCUT2D eigenvalue weighted by atomic mass is 9.91. The molecule has 1 unspecified atom stereocenters. The molecule has 4 nitrogen and oxygen atoms in total. The van der Waals surface area contributed by atoms with E-state index in [0.717, 1.165) is 23.5 Å². The third-order valence-electron chi connectivity index (χ3n) is 5.12. The van der Waals surface area contributed by atoms with E-state index < -0.39 is 5.95 Å². The van der Waals surface area contributed by atoms with Crippen molar-refractivity contribution in [2.75, 3.05) is 0 Å². The summed E-state index contributed by atoms with van der Waals surface area (Å²) >= 11 is 0. The van der Waals surface area contributed by atoms with Crippen LogP contribution < -0.4 is 0 Å². The first-order valence-electron chi connectivity index (χ1n) is 9.23. The summed E-state index contributed by atoms with van der Waals surface area (Å²) in [7, 11) is 0. The van der Waals surface area contributed by atoms with Crippen LogP contribution in [-0.2, 0) is 12.8 Å². The van der Waals surface area contributed by atoms with E-state index in [1.54, 1.807) is 12.3 Å². The van der Waals surface area contributed by atoms with E-state index in [9.17, 15) is 4.39 Å². The summed E-state index contributed by atoms with van der Waals surface area (Å²) in [4.78, 5) is 17.5. The van der Waals surface area contributed by atoms with E-state index in [1.165, 1.54) is 22.8 Å². The number of hydrogen-bond acceptors (Lipinski definition) is 4. The Labute approximate surface area is 162 Å². The van der Waals surface area contributed by atoms with Gasteiger partial charge in [0.2, 0.25) is 5.95 Å². The van der Waals surface area contributed by atoms with Crippen LogP contribution in [0.2, 0.25) is 0 Å². The molecule has 1 atom stereocenters. The van der Waals surface area contributed by atoms with E-state index in [2.05, 4.69) is 27.1 Å². The third kappa shape index (κ3) is 3.05. The Morgan fingerprint density at radius 1 is 0.750 bits per heavy atom. The summed E-state index contributed by atoms with van der Waals surface area (Å²) in [5.41, 5.74) is 6.99. The SMILES string of the molecule is Fc1cccc(Cc2ccc3c(n2)-c2ncccc2C3Cc2ccncc2)n1. The highest BCUT2D eigenvalue weighted by Gasteiger charge is 2.31. The molecule has 0 saturated heterocycles. The van der Waals surface area contributed by atoms with E-state index >= 15 is 0 Å². The number of aromatic nitrogens is 4. The Morgan fingerprint density at radius 2 is 1.57 bits per heavy atom. The minimum Gasteiger partial charge on any atom is -0.265 e. The van der Waals surface area contributed by atoms with Crippen molar-refractivity contribution in [3.8, 4) is 11.4 Å². The molecule has 1 aliphatic carbocycles. The van der Waals surface area contributed by atoms with Gasteiger partial charge in [0.15, 0.2) is 0 Å². The largest absolute Gasteiger partial charge is 0.265 e. The van der Waals surface area contributed by atoms with E-state index in [-0.39, 0.29) is 5.92 Å². The fraction of sp³-hybridized carbons (Fsp3) is 0.130. The maximum absolute atomic E-state index is 13.4. The number of fused-ring (bicyclic) bond motifs is 3. The molecular formula is C23H17FN4. The molecular weight excluding hydrogens is 351 g/mol. The van der Waals surface area contributed by atoms with Gasteiger partial charge in [-0.25, -0.2) is 4.98 Å². The number of halogens is 1. The minimum atomic E-state index is -0.469. The molecule has 0 amide bonds. The van der Waals surface area contributed by atoms with E-state index in [1.807, 2.05) is 42.7 Å². The van der Waals surface area contributed by atoms with Crippen LogP contribution in [0.4, 0.5) is 4.39 Å². The highest BCUT2D eigenvalue weighted by Crippen LogP contribution is 2.44. The average molecular weight is 368 g/mol. The molecule has 5 rings (SSSR count). The number of pyridine rings is 4. The second-order valence-electron chi connectivity index (χ2n) is 6.92. The predicted octanol–water partition coefficient (Wildman–Crippen LogP) is 4.35. The van der Waals surface area contributed by atoms with Crippen LogP contribution in [-0.4, -0.2) is 19.9 Å². The van der Waals surface area contributed by atoms with Gasteiger partial charge in [-0.3, -0.25) is 15.0 Å². The number of nitrogens with zero attached hydrogens (tertiary/aromatic N) is 4. The van der Waals surface area contributed by atoms with E-state index in [4.69, 9.17) is 4.98 Å². The maximum Gasteiger partial charge on any atom is 0.213 e.